The van der Waals surface area contributed by atoms with Gasteiger partial charge in [-0.2, -0.15) is 0 Å². The van der Waals surface area contributed by atoms with Gasteiger partial charge >= 0.3 is 7.60 Å². The van der Waals surface area contributed by atoms with Gasteiger partial charge in [0.05, 0.1) is 6.61 Å². The summed E-state index contributed by atoms with van der Waals surface area (Å²) in [6.45, 7) is 3.60. The van der Waals surface area contributed by atoms with Gasteiger partial charge in [0.2, 0.25) is 0 Å². The van der Waals surface area contributed by atoms with Crippen molar-refractivity contribution < 1.29 is 23.5 Å². The third kappa shape index (κ3) is 3.57. The number of hydrogen-bond acceptors (Lipinski definition) is 4. The van der Waals surface area contributed by atoms with Crippen molar-refractivity contribution in [1.82, 2.24) is 0 Å². The minimum Gasteiger partial charge on any atom is -0.382 e. The SMILES string of the molecule is B[C@@H]1O[C@H](COC)C(OP(C)(=O)O)[C@@H]1CC. The summed E-state index contributed by atoms with van der Waals surface area (Å²) in [7, 11) is 0.0462. The van der Waals surface area contributed by atoms with Crippen LogP contribution in [0.2, 0.25) is 0 Å². The molecule has 7 heteroatoms. The lowest BCUT2D eigenvalue weighted by atomic mass is 9.83. The molecule has 5 nitrogen and oxygen atoms in total. The van der Waals surface area contributed by atoms with Gasteiger partial charge in [0.25, 0.3) is 0 Å². The Bertz CT molecular complexity index is 269. The van der Waals surface area contributed by atoms with Crippen molar-refractivity contribution in [2.45, 2.75) is 31.6 Å². The maximum atomic E-state index is 11.3. The van der Waals surface area contributed by atoms with Crippen LogP contribution in [0.15, 0.2) is 0 Å². The first-order valence-electron chi connectivity index (χ1n) is 5.52. The van der Waals surface area contributed by atoms with Gasteiger partial charge in [-0.1, -0.05) is 6.92 Å². The van der Waals surface area contributed by atoms with E-state index in [1.54, 1.807) is 7.11 Å². The lowest BCUT2D eigenvalue weighted by Gasteiger charge is -2.23. The highest BCUT2D eigenvalue weighted by Gasteiger charge is 2.44. The lowest BCUT2D eigenvalue weighted by Crippen LogP contribution is -2.32. The first kappa shape index (κ1) is 14.2. The molecule has 1 heterocycles. The first-order valence-corrected chi connectivity index (χ1v) is 7.54. The maximum Gasteiger partial charge on any atom is 0.325 e. The van der Waals surface area contributed by atoms with Gasteiger partial charge < -0.3 is 18.9 Å². The largest absolute Gasteiger partial charge is 0.382 e. The van der Waals surface area contributed by atoms with E-state index in [0.717, 1.165) is 6.42 Å². The first-order chi connectivity index (χ1) is 7.39. The van der Waals surface area contributed by atoms with Crippen molar-refractivity contribution >= 4 is 15.4 Å². The zero-order valence-corrected chi connectivity index (χ0v) is 11.1. The fourth-order valence-corrected chi connectivity index (χ4v) is 2.98. The predicted molar refractivity (Wildman–Crippen MR) is 63.5 cm³/mol. The topological polar surface area (TPSA) is 65.0 Å². The Kier molecular flexibility index (Phi) is 5.01. The number of methoxy groups -OCH3 is 1. The maximum absolute atomic E-state index is 11.3. The van der Waals surface area contributed by atoms with Crippen LogP contribution in [0.25, 0.3) is 0 Å². The summed E-state index contributed by atoms with van der Waals surface area (Å²) in [5.41, 5.74) is 0. The molecular weight excluding hydrogens is 230 g/mol. The van der Waals surface area contributed by atoms with E-state index in [9.17, 15) is 9.46 Å². The Hall–Kier alpha value is 0.135. The van der Waals surface area contributed by atoms with Crippen molar-refractivity contribution in [3.63, 3.8) is 0 Å². The molecule has 1 N–H and O–H groups in total. The monoisotopic (exact) mass is 250 g/mol. The minimum absolute atomic E-state index is 0.0294. The van der Waals surface area contributed by atoms with Gasteiger partial charge in [-0.05, 0) is 6.42 Å². The Morgan fingerprint density at radius 2 is 2.19 bits per heavy atom. The summed E-state index contributed by atoms with van der Waals surface area (Å²) in [5, 5.41) is 0. The van der Waals surface area contributed by atoms with E-state index < -0.39 is 7.60 Å². The molecule has 94 valence electrons. The molecule has 5 atom stereocenters. The summed E-state index contributed by atoms with van der Waals surface area (Å²) in [5.74, 6) is 0.139. The Morgan fingerprint density at radius 3 is 2.62 bits per heavy atom. The highest BCUT2D eigenvalue weighted by molar-refractivity contribution is 7.51. The van der Waals surface area contributed by atoms with Crippen LogP contribution >= 0.6 is 7.60 Å². The third-order valence-electron chi connectivity index (χ3n) is 2.90. The van der Waals surface area contributed by atoms with Crippen LogP contribution in [0.4, 0.5) is 0 Å². The minimum atomic E-state index is -3.49. The van der Waals surface area contributed by atoms with E-state index in [-0.39, 0.29) is 24.1 Å². The molecule has 1 aliphatic heterocycles. The van der Waals surface area contributed by atoms with Gasteiger partial charge in [0.15, 0.2) is 0 Å². The summed E-state index contributed by atoms with van der Waals surface area (Å²) in [4.78, 5) is 9.30. The van der Waals surface area contributed by atoms with E-state index in [1.165, 1.54) is 6.66 Å². The fourth-order valence-electron chi connectivity index (χ4n) is 2.23. The molecule has 1 aliphatic rings. The summed E-state index contributed by atoms with van der Waals surface area (Å²) >= 11 is 0. The smallest absolute Gasteiger partial charge is 0.325 e. The molecule has 16 heavy (non-hydrogen) atoms. The van der Waals surface area contributed by atoms with Gasteiger partial charge in [-0.25, -0.2) is 0 Å². The van der Waals surface area contributed by atoms with Gasteiger partial charge in [0, 0.05) is 25.7 Å². The van der Waals surface area contributed by atoms with Crippen LogP contribution in [0.5, 0.6) is 0 Å². The molecule has 0 aromatic carbocycles. The Balaban J connectivity index is 2.75. The Morgan fingerprint density at radius 1 is 1.56 bits per heavy atom. The highest BCUT2D eigenvalue weighted by atomic mass is 31.2. The third-order valence-corrected chi connectivity index (χ3v) is 3.54. The fraction of sp³-hybridized carbons (Fsp3) is 1.00. The van der Waals surface area contributed by atoms with E-state index in [0.29, 0.717) is 6.61 Å². The van der Waals surface area contributed by atoms with Gasteiger partial charge in [0.1, 0.15) is 20.1 Å². The van der Waals surface area contributed by atoms with E-state index in [1.807, 2.05) is 14.8 Å². The molecule has 2 unspecified atom stereocenters. The van der Waals surface area contributed by atoms with Crippen LogP contribution in [-0.4, -0.2) is 51.3 Å². The van der Waals surface area contributed by atoms with Crippen LogP contribution in [0, 0.1) is 5.92 Å². The molecular formula is C9H20BO5P. The molecule has 0 aliphatic carbocycles. The van der Waals surface area contributed by atoms with E-state index in [2.05, 4.69) is 0 Å². The molecule has 0 aromatic rings. The zero-order chi connectivity index (χ0) is 12.3. The van der Waals surface area contributed by atoms with Crippen LogP contribution in [0.3, 0.4) is 0 Å². The molecule has 1 saturated heterocycles. The molecule has 0 aromatic heterocycles. The predicted octanol–water partition coefficient (Wildman–Crippen LogP) is 0.217. The van der Waals surface area contributed by atoms with Gasteiger partial charge in [-0.15, -0.1) is 0 Å². The van der Waals surface area contributed by atoms with Crippen LogP contribution in [0.1, 0.15) is 13.3 Å². The quantitative estimate of drug-likeness (QED) is 0.558. The molecule has 0 spiro atoms. The van der Waals surface area contributed by atoms with Crippen molar-refractivity contribution in [3.05, 3.63) is 0 Å². The van der Waals surface area contributed by atoms with E-state index >= 15 is 0 Å². The number of rotatable bonds is 5. The summed E-state index contributed by atoms with van der Waals surface area (Å²) in [6.07, 6.45) is 0.234. The second-order valence-corrected chi connectivity index (χ2v) is 6.10. The molecule has 1 rings (SSSR count). The highest BCUT2D eigenvalue weighted by Crippen LogP contribution is 2.44. The van der Waals surface area contributed by atoms with Crippen LogP contribution < -0.4 is 0 Å². The molecule has 0 saturated carbocycles. The second-order valence-electron chi connectivity index (χ2n) is 4.28. The molecule has 0 radical (unpaired) electrons. The van der Waals surface area contributed by atoms with Gasteiger partial charge in [-0.3, -0.25) is 4.57 Å². The average molecular weight is 250 g/mol. The summed E-state index contributed by atoms with van der Waals surface area (Å²) < 4.78 is 27.3. The van der Waals surface area contributed by atoms with Crippen molar-refractivity contribution in [2.75, 3.05) is 20.4 Å². The standard InChI is InChI=1S/C9H20BO5P/c1-4-6-8(15-16(3,11)12)7(5-13-2)14-9(6)10/h6-9H,4-5,10H2,1-3H3,(H,11,12)/t6-,7+,8?,9+/m0/s1. The van der Waals surface area contributed by atoms with Crippen molar-refractivity contribution in [2.24, 2.45) is 5.92 Å². The van der Waals surface area contributed by atoms with Crippen molar-refractivity contribution in [3.8, 4) is 0 Å². The summed E-state index contributed by atoms with van der Waals surface area (Å²) in [6, 6.07) is 0.0294. The number of ether oxygens (including phenoxy) is 2. The van der Waals surface area contributed by atoms with E-state index in [4.69, 9.17) is 14.0 Å². The number of hydrogen-bond donors (Lipinski definition) is 1. The molecule has 0 amide bonds. The van der Waals surface area contributed by atoms with Crippen molar-refractivity contribution in [1.29, 1.82) is 0 Å². The molecule has 1 fully saturated rings. The second kappa shape index (κ2) is 5.65. The lowest BCUT2D eigenvalue weighted by molar-refractivity contribution is -0.0128. The normalized spacial score (nSPS) is 38.5. The Labute approximate surface area is 97.4 Å². The molecule has 0 bridgehead atoms. The van der Waals surface area contributed by atoms with Crippen LogP contribution in [-0.2, 0) is 18.6 Å². The average Bonchev–Trinajstić information content (AvgIpc) is 2.41. The zero-order valence-electron chi connectivity index (χ0n) is 10.3.